The average molecular weight is 519 g/mol. The fourth-order valence-electron chi connectivity index (χ4n) is 3.99. The van der Waals surface area contributed by atoms with Gasteiger partial charge < -0.3 is 15.5 Å². The average Bonchev–Trinajstić information content (AvgIpc) is 3.36. The lowest BCUT2D eigenvalue weighted by Crippen LogP contribution is -2.46. The van der Waals surface area contributed by atoms with E-state index in [0.717, 1.165) is 57.7 Å². The number of carbonyl (C=O) groups is 1. The Morgan fingerprint density at radius 2 is 2.11 bits per heavy atom. The number of nitrogens with one attached hydrogen (secondary N) is 2. The van der Waals surface area contributed by atoms with E-state index in [1.54, 1.807) is 18.4 Å². The molecule has 1 unspecified atom stereocenters. The van der Waals surface area contributed by atoms with Crippen LogP contribution < -0.4 is 10.6 Å². The summed E-state index contributed by atoms with van der Waals surface area (Å²) in [6, 6.07) is 0.287. The summed E-state index contributed by atoms with van der Waals surface area (Å²) in [5, 5.41) is 8.03. The van der Waals surface area contributed by atoms with Crippen molar-refractivity contribution in [3.63, 3.8) is 0 Å². The molecule has 2 aliphatic rings. The molecule has 1 atom stereocenters. The second-order valence-electron chi connectivity index (χ2n) is 7.57. The fourth-order valence-corrected chi connectivity index (χ4v) is 4.85. The molecule has 2 fully saturated rings. The molecule has 1 aliphatic heterocycles. The van der Waals surface area contributed by atoms with Crippen molar-refractivity contribution in [3.05, 3.63) is 16.1 Å². The molecule has 2 N–H and O–H groups in total. The summed E-state index contributed by atoms with van der Waals surface area (Å²) < 4.78 is 0. The van der Waals surface area contributed by atoms with Gasteiger partial charge in [-0.05, 0) is 25.7 Å². The maximum Gasteiger partial charge on any atom is 0.225 e. The maximum atomic E-state index is 12.7. The number of nitrogens with zero attached hydrogens (tertiary/aromatic N) is 3. The first kappa shape index (κ1) is 23.4. The zero-order valence-corrected chi connectivity index (χ0v) is 20.2. The molecule has 0 aromatic carbocycles. The normalized spacial score (nSPS) is 20.7. The molecule has 158 valence electrons. The Morgan fingerprint density at radius 1 is 1.32 bits per heavy atom. The van der Waals surface area contributed by atoms with Crippen LogP contribution in [0.2, 0.25) is 0 Å². The monoisotopic (exact) mass is 519 g/mol. The van der Waals surface area contributed by atoms with Crippen molar-refractivity contribution in [2.75, 3.05) is 26.7 Å². The minimum Gasteiger partial charge on any atom is -0.356 e. The Morgan fingerprint density at radius 3 is 2.79 bits per heavy atom. The zero-order valence-electron chi connectivity index (χ0n) is 17.1. The van der Waals surface area contributed by atoms with Crippen LogP contribution in [0, 0.1) is 5.92 Å². The van der Waals surface area contributed by atoms with E-state index in [1.807, 2.05) is 6.20 Å². The number of aromatic nitrogens is 1. The van der Waals surface area contributed by atoms with Crippen LogP contribution in [-0.4, -0.2) is 54.5 Å². The van der Waals surface area contributed by atoms with E-state index in [0.29, 0.717) is 5.91 Å². The third kappa shape index (κ3) is 6.57. The lowest BCUT2D eigenvalue weighted by molar-refractivity contribution is -0.135. The first-order valence-corrected chi connectivity index (χ1v) is 11.2. The summed E-state index contributed by atoms with van der Waals surface area (Å²) in [4.78, 5) is 24.9. The van der Waals surface area contributed by atoms with Crippen LogP contribution in [0.5, 0.6) is 0 Å². The lowest BCUT2D eigenvalue weighted by Gasteiger charge is -2.26. The summed E-state index contributed by atoms with van der Waals surface area (Å²) in [6.45, 7) is 4.63. The molecule has 6 nitrogen and oxygen atoms in total. The van der Waals surface area contributed by atoms with Gasteiger partial charge in [0.2, 0.25) is 5.91 Å². The molecule has 1 aromatic rings. The minimum atomic E-state index is 0. The molecule has 0 bridgehead atoms. The molecule has 1 saturated carbocycles. The molecule has 0 radical (unpaired) electrons. The Balaban J connectivity index is 0.00000280. The predicted molar refractivity (Wildman–Crippen MR) is 127 cm³/mol. The summed E-state index contributed by atoms with van der Waals surface area (Å²) in [7, 11) is 1.80. The largest absolute Gasteiger partial charge is 0.356 e. The molecule has 0 spiro atoms. The number of hydrogen-bond acceptors (Lipinski definition) is 4. The van der Waals surface area contributed by atoms with Crippen LogP contribution in [0.3, 0.4) is 0 Å². The van der Waals surface area contributed by atoms with Gasteiger partial charge in [0.25, 0.3) is 0 Å². The number of likely N-dealkylation sites (tertiary alicyclic amines) is 1. The van der Waals surface area contributed by atoms with Gasteiger partial charge in [-0.25, -0.2) is 4.98 Å². The van der Waals surface area contributed by atoms with Gasteiger partial charge in [0.05, 0.1) is 5.01 Å². The van der Waals surface area contributed by atoms with Crippen LogP contribution >= 0.6 is 35.3 Å². The third-order valence-corrected chi connectivity index (χ3v) is 6.80. The van der Waals surface area contributed by atoms with E-state index in [-0.39, 0.29) is 35.9 Å². The molecular weight excluding hydrogens is 485 g/mol. The third-order valence-electron chi connectivity index (χ3n) is 5.60. The van der Waals surface area contributed by atoms with Gasteiger partial charge >= 0.3 is 0 Å². The van der Waals surface area contributed by atoms with Crippen molar-refractivity contribution in [1.82, 2.24) is 20.5 Å². The number of aliphatic imine (C=N–C) groups is 1. The standard InChI is InChI=1S/C20H33N5OS.HI/c1-3-17-13-23-18(27-17)9-11-22-20(21-2)24-16-10-12-25(14-16)19(26)15-7-5-4-6-8-15;/h13,15-16H,3-12,14H2,1-2H3,(H2,21,22,24);1H. The second-order valence-corrected chi connectivity index (χ2v) is 8.77. The van der Waals surface area contributed by atoms with Crippen molar-refractivity contribution < 1.29 is 4.79 Å². The number of aryl methyl sites for hydroxylation is 1. The van der Waals surface area contributed by atoms with Gasteiger partial charge in [-0.1, -0.05) is 26.2 Å². The van der Waals surface area contributed by atoms with Gasteiger partial charge in [0.15, 0.2) is 5.96 Å². The number of thiazole rings is 1. The summed E-state index contributed by atoms with van der Waals surface area (Å²) in [6.07, 6.45) is 10.8. The second kappa shape index (κ2) is 11.9. The van der Waals surface area contributed by atoms with Crippen LogP contribution in [0.1, 0.15) is 55.3 Å². The van der Waals surface area contributed by atoms with Crippen LogP contribution in [-0.2, 0) is 17.6 Å². The van der Waals surface area contributed by atoms with Crippen molar-refractivity contribution in [2.45, 2.75) is 64.3 Å². The fraction of sp³-hybridized carbons (Fsp3) is 0.750. The number of hydrogen-bond donors (Lipinski definition) is 2. The minimum absolute atomic E-state index is 0. The highest BCUT2D eigenvalue weighted by Gasteiger charge is 2.31. The number of halogens is 1. The molecule has 3 rings (SSSR count). The summed E-state index contributed by atoms with van der Waals surface area (Å²) in [5.74, 6) is 1.46. The van der Waals surface area contributed by atoms with Gasteiger partial charge in [0, 0.05) is 56.1 Å². The van der Waals surface area contributed by atoms with E-state index < -0.39 is 0 Å². The Hall–Kier alpha value is -0.900. The molecule has 1 aromatic heterocycles. The molecule has 2 heterocycles. The van der Waals surface area contributed by atoms with Crippen molar-refractivity contribution in [3.8, 4) is 0 Å². The summed E-state index contributed by atoms with van der Waals surface area (Å²) >= 11 is 1.79. The molecular formula is C20H34IN5OS. The van der Waals surface area contributed by atoms with E-state index in [9.17, 15) is 4.79 Å². The highest BCUT2D eigenvalue weighted by molar-refractivity contribution is 14.0. The van der Waals surface area contributed by atoms with Crippen LogP contribution in [0.25, 0.3) is 0 Å². The van der Waals surface area contributed by atoms with Gasteiger partial charge in [0.1, 0.15) is 0 Å². The van der Waals surface area contributed by atoms with Crippen molar-refractivity contribution in [2.24, 2.45) is 10.9 Å². The topological polar surface area (TPSA) is 69.6 Å². The number of amides is 1. The van der Waals surface area contributed by atoms with Crippen molar-refractivity contribution in [1.29, 1.82) is 0 Å². The van der Waals surface area contributed by atoms with Crippen LogP contribution in [0.4, 0.5) is 0 Å². The maximum absolute atomic E-state index is 12.7. The van der Waals surface area contributed by atoms with Gasteiger partial charge in [-0.15, -0.1) is 35.3 Å². The quantitative estimate of drug-likeness (QED) is 0.344. The van der Waals surface area contributed by atoms with E-state index in [4.69, 9.17) is 0 Å². The van der Waals surface area contributed by atoms with E-state index >= 15 is 0 Å². The predicted octanol–water partition coefficient (Wildman–Crippen LogP) is 3.21. The van der Waals surface area contributed by atoms with Gasteiger partial charge in [-0.3, -0.25) is 9.79 Å². The van der Waals surface area contributed by atoms with E-state index in [2.05, 4.69) is 32.4 Å². The number of guanidine groups is 1. The van der Waals surface area contributed by atoms with Gasteiger partial charge in [-0.2, -0.15) is 0 Å². The molecule has 1 saturated heterocycles. The summed E-state index contributed by atoms with van der Waals surface area (Å²) in [5.41, 5.74) is 0. The van der Waals surface area contributed by atoms with E-state index in [1.165, 1.54) is 29.1 Å². The Labute approximate surface area is 190 Å². The molecule has 1 amide bonds. The number of carbonyl (C=O) groups excluding carboxylic acids is 1. The molecule has 1 aliphatic carbocycles. The van der Waals surface area contributed by atoms with Crippen LogP contribution in [0.15, 0.2) is 11.2 Å². The smallest absolute Gasteiger partial charge is 0.225 e. The lowest BCUT2D eigenvalue weighted by atomic mass is 9.88. The molecule has 28 heavy (non-hydrogen) atoms. The Bertz CT molecular complexity index is 644. The highest BCUT2D eigenvalue weighted by atomic mass is 127. The Kier molecular flexibility index (Phi) is 9.98. The number of rotatable bonds is 6. The first-order valence-electron chi connectivity index (χ1n) is 10.4. The SMILES string of the molecule is CCc1cnc(CCNC(=NC)NC2CCN(C(=O)C3CCCCC3)C2)s1.I. The highest BCUT2D eigenvalue weighted by Crippen LogP contribution is 2.26. The first-order chi connectivity index (χ1) is 13.2. The zero-order chi connectivity index (χ0) is 19.1. The van der Waals surface area contributed by atoms with Crippen molar-refractivity contribution >= 4 is 47.2 Å². The molecule has 8 heteroatoms.